The van der Waals surface area contributed by atoms with E-state index in [0.717, 1.165) is 0 Å². The average Bonchev–Trinajstić information content (AvgIpc) is 2.46. The molecule has 7 nitrogen and oxygen atoms in total. The number of carbonyl (C=O) groups excluding carboxylic acids is 2. The highest BCUT2D eigenvalue weighted by Crippen LogP contribution is 2.21. The molecule has 1 aromatic carbocycles. The highest BCUT2D eigenvalue weighted by molar-refractivity contribution is 5.88. The van der Waals surface area contributed by atoms with Gasteiger partial charge in [-0.1, -0.05) is 0 Å². The van der Waals surface area contributed by atoms with E-state index < -0.39 is 23.9 Å². The van der Waals surface area contributed by atoms with Gasteiger partial charge in [0.15, 0.2) is 0 Å². The molecule has 3 N–H and O–H groups in total. The Morgan fingerprint density at radius 3 is 2.44 bits per heavy atom. The van der Waals surface area contributed by atoms with E-state index in [9.17, 15) is 23.9 Å². The van der Waals surface area contributed by atoms with Crippen LogP contribution in [0.1, 0.15) is 38.3 Å². The number of ether oxygens (including phenoxy) is 1. The molecule has 0 radical (unpaired) electrons. The van der Waals surface area contributed by atoms with Crippen molar-refractivity contribution in [3.8, 4) is 0 Å². The van der Waals surface area contributed by atoms with Gasteiger partial charge in [-0.3, -0.25) is 4.79 Å². The van der Waals surface area contributed by atoms with Crippen LogP contribution in [0.25, 0.3) is 0 Å². The van der Waals surface area contributed by atoms with Gasteiger partial charge < -0.3 is 20.5 Å². The van der Waals surface area contributed by atoms with Crippen molar-refractivity contribution in [2.45, 2.75) is 52.7 Å². The van der Waals surface area contributed by atoms with Crippen molar-refractivity contribution in [3.05, 3.63) is 29.1 Å². The first-order valence-electron chi connectivity index (χ1n) is 7.86. The molecule has 0 saturated heterocycles. The van der Waals surface area contributed by atoms with Crippen LogP contribution in [-0.4, -0.2) is 35.2 Å². The number of anilines is 1. The number of carboxylic acids is 1. The van der Waals surface area contributed by atoms with Gasteiger partial charge in [0.05, 0.1) is 6.10 Å². The van der Waals surface area contributed by atoms with Gasteiger partial charge in [-0.05, 0) is 56.9 Å². The van der Waals surface area contributed by atoms with E-state index >= 15 is 0 Å². The van der Waals surface area contributed by atoms with Gasteiger partial charge in [-0.25, -0.2) is 14.0 Å². The molecule has 1 rings (SSSR count). The minimum absolute atomic E-state index is 0.0479. The Labute approximate surface area is 145 Å². The number of halogens is 1. The third-order valence-electron chi connectivity index (χ3n) is 3.41. The lowest BCUT2D eigenvalue weighted by Crippen LogP contribution is -2.42. The third-order valence-corrected chi connectivity index (χ3v) is 3.41. The molecule has 0 saturated carbocycles. The lowest BCUT2D eigenvalue weighted by molar-refractivity contribution is -0.139. The lowest BCUT2D eigenvalue weighted by atomic mass is 9.99. The molecule has 8 heteroatoms. The zero-order valence-corrected chi connectivity index (χ0v) is 14.7. The maximum atomic E-state index is 14.0. The molecular formula is C17H23FN2O5. The Hall–Kier alpha value is -2.64. The van der Waals surface area contributed by atoms with E-state index in [2.05, 4.69) is 10.6 Å². The van der Waals surface area contributed by atoms with Gasteiger partial charge in [-0.15, -0.1) is 0 Å². The molecule has 0 bridgehead atoms. The first-order valence-corrected chi connectivity index (χ1v) is 7.86. The number of aliphatic carboxylic acids is 1. The first-order chi connectivity index (χ1) is 11.6. The number of benzene rings is 1. The highest BCUT2D eigenvalue weighted by Gasteiger charge is 2.22. The number of amides is 2. The molecule has 2 amide bonds. The van der Waals surface area contributed by atoms with Crippen molar-refractivity contribution in [1.29, 1.82) is 0 Å². The van der Waals surface area contributed by atoms with Gasteiger partial charge in [0.2, 0.25) is 5.91 Å². The summed E-state index contributed by atoms with van der Waals surface area (Å²) in [5.74, 6) is -2.05. The van der Waals surface area contributed by atoms with Crippen LogP contribution >= 0.6 is 0 Å². The quantitative estimate of drug-likeness (QED) is 0.698. The van der Waals surface area contributed by atoms with Crippen molar-refractivity contribution in [2.75, 3.05) is 5.32 Å². The Morgan fingerprint density at radius 1 is 1.28 bits per heavy atom. The second kappa shape index (κ2) is 9.00. The average molecular weight is 354 g/mol. The van der Waals surface area contributed by atoms with E-state index in [1.54, 1.807) is 26.8 Å². The van der Waals surface area contributed by atoms with Gasteiger partial charge >= 0.3 is 12.1 Å². The molecule has 1 atom stereocenters. The van der Waals surface area contributed by atoms with E-state index in [-0.39, 0.29) is 24.9 Å². The zero-order chi connectivity index (χ0) is 19.1. The van der Waals surface area contributed by atoms with E-state index in [4.69, 9.17) is 4.74 Å². The fourth-order valence-electron chi connectivity index (χ4n) is 2.22. The molecule has 138 valence electrons. The van der Waals surface area contributed by atoms with Crippen LogP contribution in [0.2, 0.25) is 0 Å². The molecule has 0 fully saturated rings. The Balaban J connectivity index is 2.85. The second-order valence-corrected chi connectivity index (χ2v) is 5.95. The fourth-order valence-corrected chi connectivity index (χ4v) is 2.22. The molecular weight excluding hydrogens is 331 g/mol. The van der Waals surface area contributed by atoms with Crippen LogP contribution in [0.4, 0.5) is 14.9 Å². The molecule has 0 aliphatic carbocycles. The molecule has 0 spiro atoms. The lowest BCUT2D eigenvalue weighted by Gasteiger charge is -2.17. The van der Waals surface area contributed by atoms with Crippen LogP contribution in [0.3, 0.4) is 0 Å². The zero-order valence-electron chi connectivity index (χ0n) is 14.7. The number of hydrogen-bond donors (Lipinski definition) is 3. The minimum atomic E-state index is -1.21. The standard InChI is InChI=1S/C17H23FN2O5/c1-9(2)25-17(24)20-15(16(22)23)6-5-12-7-13(19-11(4)21)8-14(18)10(12)3/h7-9,15H,5-6H2,1-4H3,(H,19,21)(H,20,24)(H,22,23)/t15-/m1/s1. The van der Waals surface area contributed by atoms with Gasteiger partial charge in [0.1, 0.15) is 11.9 Å². The summed E-state index contributed by atoms with van der Waals surface area (Å²) in [5, 5.41) is 14.0. The third kappa shape index (κ3) is 6.78. The molecule has 0 aliphatic rings. The summed E-state index contributed by atoms with van der Waals surface area (Å²) < 4.78 is 18.8. The SMILES string of the molecule is CC(=O)Nc1cc(F)c(C)c(CC[C@@H](NC(=O)OC(C)C)C(=O)O)c1. The van der Waals surface area contributed by atoms with Crippen molar-refractivity contribution in [1.82, 2.24) is 5.32 Å². The van der Waals surface area contributed by atoms with Gasteiger partial charge in [-0.2, -0.15) is 0 Å². The summed E-state index contributed by atoms with van der Waals surface area (Å²) in [7, 11) is 0. The number of rotatable bonds is 7. The predicted molar refractivity (Wildman–Crippen MR) is 89.9 cm³/mol. The first kappa shape index (κ1) is 20.4. The van der Waals surface area contributed by atoms with Crippen LogP contribution in [0, 0.1) is 12.7 Å². The molecule has 0 unspecified atom stereocenters. The Bertz CT molecular complexity index is 661. The van der Waals surface area contributed by atoms with Crippen molar-refractivity contribution >= 4 is 23.7 Å². The van der Waals surface area contributed by atoms with Crippen molar-refractivity contribution in [3.63, 3.8) is 0 Å². The summed E-state index contributed by atoms with van der Waals surface area (Å²) in [6, 6.07) is 1.62. The van der Waals surface area contributed by atoms with Crippen molar-refractivity contribution in [2.24, 2.45) is 0 Å². The summed E-state index contributed by atoms with van der Waals surface area (Å²) in [4.78, 5) is 34.0. The topological polar surface area (TPSA) is 105 Å². The number of aryl methyl sites for hydroxylation is 1. The van der Waals surface area contributed by atoms with Crippen LogP contribution in [-0.2, 0) is 20.7 Å². The molecule has 0 heterocycles. The molecule has 0 aliphatic heterocycles. The van der Waals surface area contributed by atoms with Crippen molar-refractivity contribution < 1.29 is 28.6 Å². The fraction of sp³-hybridized carbons (Fsp3) is 0.471. The second-order valence-electron chi connectivity index (χ2n) is 5.95. The van der Waals surface area contributed by atoms with Crippen LogP contribution < -0.4 is 10.6 Å². The highest BCUT2D eigenvalue weighted by atomic mass is 19.1. The Morgan fingerprint density at radius 2 is 1.92 bits per heavy atom. The number of hydrogen-bond acceptors (Lipinski definition) is 4. The number of carboxylic acid groups (broad SMARTS) is 1. The molecule has 1 aromatic rings. The maximum absolute atomic E-state index is 14.0. The number of nitrogens with one attached hydrogen (secondary N) is 2. The van der Waals surface area contributed by atoms with E-state index in [1.165, 1.54) is 13.0 Å². The van der Waals surface area contributed by atoms with E-state index in [0.29, 0.717) is 16.8 Å². The predicted octanol–water partition coefficient (Wildman–Crippen LogP) is 2.61. The van der Waals surface area contributed by atoms with E-state index in [1.807, 2.05) is 0 Å². The molecule has 0 aromatic heterocycles. The maximum Gasteiger partial charge on any atom is 0.408 e. The minimum Gasteiger partial charge on any atom is -0.480 e. The summed E-state index contributed by atoms with van der Waals surface area (Å²) in [6.07, 6.45) is -0.945. The summed E-state index contributed by atoms with van der Waals surface area (Å²) >= 11 is 0. The normalized spacial score (nSPS) is 11.8. The number of alkyl carbamates (subject to hydrolysis) is 1. The largest absolute Gasteiger partial charge is 0.480 e. The van der Waals surface area contributed by atoms with Crippen LogP contribution in [0.5, 0.6) is 0 Å². The van der Waals surface area contributed by atoms with Crippen LogP contribution in [0.15, 0.2) is 12.1 Å². The smallest absolute Gasteiger partial charge is 0.408 e. The van der Waals surface area contributed by atoms with Gasteiger partial charge in [0.25, 0.3) is 0 Å². The summed E-state index contributed by atoms with van der Waals surface area (Å²) in [5.41, 5.74) is 1.21. The number of carbonyl (C=O) groups is 3. The Kier molecular flexibility index (Phi) is 7.35. The van der Waals surface area contributed by atoms with Gasteiger partial charge in [0, 0.05) is 12.6 Å². The summed E-state index contributed by atoms with van der Waals surface area (Å²) in [6.45, 7) is 6.17. The monoisotopic (exact) mass is 354 g/mol. The molecule has 25 heavy (non-hydrogen) atoms.